The van der Waals surface area contributed by atoms with Crippen molar-refractivity contribution < 1.29 is 14.7 Å². The maximum atomic E-state index is 12.4. The predicted octanol–water partition coefficient (Wildman–Crippen LogP) is 4.02. The van der Waals surface area contributed by atoms with Gasteiger partial charge in [-0.2, -0.15) is 0 Å². The van der Waals surface area contributed by atoms with Crippen LogP contribution >= 0.6 is 34.2 Å². The van der Waals surface area contributed by atoms with E-state index in [0.717, 1.165) is 9.99 Å². The SMILES string of the molecule is CCC1CC(C(=O)O)C(C(=O)Nc2ccc(I)cc2Cl)C1. The number of anilines is 1. The number of carboxylic acid groups (broad SMARTS) is 1. The lowest BCUT2D eigenvalue weighted by atomic mass is 9.95. The third-order valence-corrected chi connectivity index (χ3v) is 5.06. The van der Waals surface area contributed by atoms with E-state index in [1.165, 1.54) is 0 Å². The maximum Gasteiger partial charge on any atom is 0.307 e. The molecule has 0 heterocycles. The van der Waals surface area contributed by atoms with E-state index in [1.54, 1.807) is 12.1 Å². The van der Waals surface area contributed by atoms with Crippen molar-refractivity contribution in [1.82, 2.24) is 0 Å². The predicted molar refractivity (Wildman–Crippen MR) is 90.4 cm³/mol. The Labute approximate surface area is 142 Å². The highest BCUT2D eigenvalue weighted by Gasteiger charge is 2.42. The summed E-state index contributed by atoms with van der Waals surface area (Å²) in [6, 6.07) is 5.35. The minimum Gasteiger partial charge on any atom is -0.481 e. The summed E-state index contributed by atoms with van der Waals surface area (Å²) in [6.07, 6.45) is 2.10. The molecule has 0 radical (unpaired) electrons. The van der Waals surface area contributed by atoms with Crippen LogP contribution < -0.4 is 5.32 Å². The quantitative estimate of drug-likeness (QED) is 0.722. The molecule has 6 heteroatoms. The van der Waals surface area contributed by atoms with Gasteiger partial charge in [-0.15, -0.1) is 0 Å². The monoisotopic (exact) mass is 421 g/mol. The topological polar surface area (TPSA) is 66.4 Å². The number of rotatable bonds is 4. The third kappa shape index (κ3) is 3.88. The fourth-order valence-corrected chi connectivity index (χ4v) is 3.76. The number of carboxylic acids is 1. The molecule has 21 heavy (non-hydrogen) atoms. The molecule has 0 spiro atoms. The Morgan fingerprint density at radius 3 is 2.62 bits per heavy atom. The Kier molecular flexibility index (Phi) is 5.48. The Morgan fingerprint density at radius 1 is 1.38 bits per heavy atom. The lowest BCUT2D eigenvalue weighted by Gasteiger charge is -2.16. The van der Waals surface area contributed by atoms with E-state index in [2.05, 4.69) is 27.9 Å². The second-order valence-corrected chi connectivity index (χ2v) is 7.06. The van der Waals surface area contributed by atoms with Crippen LogP contribution in [0, 0.1) is 21.3 Å². The summed E-state index contributed by atoms with van der Waals surface area (Å²) in [5.74, 6) is -1.92. The number of hydrogen-bond donors (Lipinski definition) is 2. The van der Waals surface area contributed by atoms with E-state index in [9.17, 15) is 14.7 Å². The Hall–Kier alpha value is -0.820. The van der Waals surface area contributed by atoms with Crippen molar-refractivity contribution in [3.63, 3.8) is 0 Å². The van der Waals surface area contributed by atoms with Gasteiger partial charge in [0.25, 0.3) is 0 Å². The van der Waals surface area contributed by atoms with E-state index >= 15 is 0 Å². The van der Waals surface area contributed by atoms with E-state index in [-0.39, 0.29) is 5.91 Å². The zero-order valence-electron chi connectivity index (χ0n) is 11.6. The van der Waals surface area contributed by atoms with Crippen molar-refractivity contribution >= 4 is 51.8 Å². The molecule has 1 aliphatic rings. The fraction of sp³-hybridized carbons (Fsp3) is 0.467. The smallest absolute Gasteiger partial charge is 0.307 e. The van der Waals surface area contributed by atoms with Gasteiger partial charge in [0.05, 0.1) is 22.5 Å². The van der Waals surface area contributed by atoms with Crippen LogP contribution in [-0.4, -0.2) is 17.0 Å². The van der Waals surface area contributed by atoms with Crippen LogP contribution in [0.1, 0.15) is 26.2 Å². The van der Waals surface area contributed by atoms with Gasteiger partial charge in [0.2, 0.25) is 5.91 Å². The first-order valence-corrected chi connectivity index (χ1v) is 8.36. The minimum absolute atomic E-state index is 0.249. The van der Waals surface area contributed by atoms with E-state index in [4.69, 9.17) is 11.6 Å². The van der Waals surface area contributed by atoms with E-state index in [0.29, 0.717) is 29.5 Å². The zero-order chi connectivity index (χ0) is 15.6. The second kappa shape index (κ2) is 6.96. The summed E-state index contributed by atoms with van der Waals surface area (Å²) >= 11 is 8.24. The average molecular weight is 422 g/mol. The number of halogens is 2. The van der Waals surface area contributed by atoms with Crippen LogP contribution in [0.4, 0.5) is 5.69 Å². The minimum atomic E-state index is -0.889. The lowest BCUT2D eigenvalue weighted by molar-refractivity contribution is -0.145. The first-order chi connectivity index (χ1) is 9.92. The summed E-state index contributed by atoms with van der Waals surface area (Å²) in [4.78, 5) is 23.7. The Bertz CT molecular complexity index is 564. The molecular weight excluding hydrogens is 405 g/mol. The molecule has 3 unspecified atom stereocenters. The third-order valence-electron chi connectivity index (χ3n) is 4.08. The van der Waals surface area contributed by atoms with E-state index in [1.807, 2.05) is 13.0 Å². The number of nitrogens with one attached hydrogen (secondary N) is 1. The molecule has 1 aromatic rings. The highest BCUT2D eigenvalue weighted by Crippen LogP contribution is 2.39. The van der Waals surface area contributed by atoms with Gasteiger partial charge < -0.3 is 10.4 Å². The van der Waals surface area contributed by atoms with Crippen molar-refractivity contribution in [2.45, 2.75) is 26.2 Å². The molecule has 2 N–H and O–H groups in total. The number of carbonyl (C=O) groups is 2. The molecule has 1 aliphatic carbocycles. The molecule has 3 atom stereocenters. The molecule has 4 nitrogen and oxygen atoms in total. The number of hydrogen-bond acceptors (Lipinski definition) is 2. The summed E-state index contributed by atoms with van der Waals surface area (Å²) in [7, 11) is 0. The molecule has 0 bridgehead atoms. The standard InChI is InChI=1S/C15H17ClINO3/c1-2-8-5-10(11(6-8)15(20)21)14(19)18-13-4-3-9(17)7-12(13)16/h3-4,7-8,10-11H,2,5-6H2,1H3,(H,18,19)(H,20,21). The van der Waals surface area contributed by atoms with Gasteiger partial charge >= 0.3 is 5.97 Å². The number of benzene rings is 1. The van der Waals surface area contributed by atoms with Gasteiger partial charge in [0.15, 0.2) is 0 Å². The summed E-state index contributed by atoms with van der Waals surface area (Å²) in [5, 5.41) is 12.5. The van der Waals surface area contributed by atoms with Crippen LogP contribution in [0.2, 0.25) is 5.02 Å². The largest absolute Gasteiger partial charge is 0.481 e. The maximum absolute atomic E-state index is 12.4. The first kappa shape index (κ1) is 16.5. The van der Waals surface area contributed by atoms with Gasteiger partial charge in [0, 0.05) is 3.57 Å². The van der Waals surface area contributed by atoms with Crippen molar-refractivity contribution in [2.75, 3.05) is 5.32 Å². The van der Waals surface area contributed by atoms with Crippen molar-refractivity contribution in [1.29, 1.82) is 0 Å². The lowest BCUT2D eigenvalue weighted by Crippen LogP contribution is -2.30. The molecule has 1 amide bonds. The summed E-state index contributed by atoms with van der Waals surface area (Å²) < 4.78 is 0.978. The van der Waals surface area contributed by atoms with Crippen LogP contribution in [0.25, 0.3) is 0 Å². The zero-order valence-corrected chi connectivity index (χ0v) is 14.5. The molecular formula is C15H17ClINO3. The molecule has 0 saturated heterocycles. The molecule has 2 rings (SSSR count). The van der Waals surface area contributed by atoms with Gasteiger partial charge in [-0.05, 0) is 59.5 Å². The van der Waals surface area contributed by atoms with Crippen molar-refractivity contribution in [2.24, 2.45) is 17.8 Å². The fourth-order valence-electron chi connectivity index (χ4n) is 2.86. The molecule has 0 aromatic heterocycles. The number of amides is 1. The van der Waals surface area contributed by atoms with Crippen LogP contribution in [0.3, 0.4) is 0 Å². The normalized spacial score (nSPS) is 24.8. The molecule has 114 valence electrons. The molecule has 1 aromatic carbocycles. The van der Waals surface area contributed by atoms with Crippen LogP contribution in [-0.2, 0) is 9.59 Å². The van der Waals surface area contributed by atoms with E-state index < -0.39 is 17.8 Å². The van der Waals surface area contributed by atoms with Gasteiger partial charge in [-0.25, -0.2) is 0 Å². The summed E-state index contributed by atoms with van der Waals surface area (Å²) in [5.41, 5.74) is 0.533. The number of aliphatic carboxylic acids is 1. The van der Waals surface area contributed by atoms with Gasteiger partial charge in [-0.1, -0.05) is 24.9 Å². The highest BCUT2D eigenvalue weighted by atomic mass is 127. The number of carbonyl (C=O) groups excluding carboxylic acids is 1. The van der Waals surface area contributed by atoms with Gasteiger partial charge in [-0.3, -0.25) is 9.59 Å². The van der Waals surface area contributed by atoms with Crippen molar-refractivity contribution in [3.8, 4) is 0 Å². The Balaban J connectivity index is 2.13. The first-order valence-electron chi connectivity index (χ1n) is 6.91. The van der Waals surface area contributed by atoms with Crippen LogP contribution in [0.5, 0.6) is 0 Å². The molecule has 0 aliphatic heterocycles. The van der Waals surface area contributed by atoms with Crippen molar-refractivity contribution in [3.05, 3.63) is 26.8 Å². The second-order valence-electron chi connectivity index (χ2n) is 5.41. The van der Waals surface area contributed by atoms with Crippen LogP contribution in [0.15, 0.2) is 18.2 Å². The Morgan fingerprint density at radius 2 is 2.05 bits per heavy atom. The highest BCUT2D eigenvalue weighted by molar-refractivity contribution is 14.1. The summed E-state index contributed by atoms with van der Waals surface area (Å²) in [6.45, 7) is 2.03. The van der Waals surface area contributed by atoms with Gasteiger partial charge in [0.1, 0.15) is 0 Å². The molecule has 1 fully saturated rings. The molecule has 1 saturated carbocycles. The average Bonchev–Trinajstić information content (AvgIpc) is 2.86.